The Morgan fingerprint density at radius 1 is 0.969 bits per heavy atom. The molecule has 0 aliphatic heterocycles. The number of rotatable bonds is 7. The number of halogens is 1. The number of aliphatic imine (C=N–C) groups is 1. The molecule has 158 valence electrons. The molecule has 0 aliphatic rings. The van der Waals surface area contributed by atoms with Crippen molar-refractivity contribution in [2.75, 3.05) is 6.61 Å². The zero-order chi connectivity index (χ0) is 22.3. The average molecular weight is 484 g/mol. The molecule has 5 heteroatoms. The van der Waals surface area contributed by atoms with Crippen LogP contribution < -0.4 is 0 Å². The number of benzene rings is 3. The Morgan fingerprint density at radius 3 is 2.28 bits per heavy atom. The Bertz CT molecular complexity index is 1270. The third kappa shape index (κ3) is 4.51. The first-order valence-corrected chi connectivity index (χ1v) is 11.2. The van der Waals surface area contributed by atoms with Crippen LogP contribution in [-0.4, -0.2) is 17.6 Å². The van der Waals surface area contributed by atoms with Gasteiger partial charge in [-0.15, -0.1) is 0 Å². The summed E-state index contributed by atoms with van der Waals surface area (Å²) < 4.78 is 8.51. The van der Waals surface area contributed by atoms with E-state index in [1.54, 1.807) is 0 Å². The monoisotopic (exact) mass is 483 g/mol. The molecule has 0 aliphatic carbocycles. The van der Waals surface area contributed by atoms with Crippen LogP contribution in [0.15, 0.2) is 94.4 Å². The van der Waals surface area contributed by atoms with Crippen molar-refractivity contribution in [3.63, 3.8) is 0 Å². The van der Waals surface area contributed by atoms with Gasteiger partial charge >= 0.3 is 0 Å². The summed E-state index contributed by atoms with van der Waals surface area (Å²) in [5.41, 5.74) is 5.46. The van der Waals surface area contributed by atoms with E-state index in [4.69, 9.17) is 4.74 Å². The first-order valence-electron chi connectivity index (χ1n) is 10.4. The molecule has 0 radical (unpaired) electrons. The van der Waals surface area contributed by atoms with Crippen molar-refractivity contribution in [2.24, 2.45) is 4.99 Å². The second-order valence-corrected chi connectivity index (χ2v) is 8.09. The molecule has 32 heavy (non-hydrogen) atoms. The lowest BCUT2D eigenvalue weighted by Gasteiger charge is -2.14. The summed E-state index contributed by atoms with van der Waals surface area (Å²) in [6.45, 7) is 2.97. The Kier molecular flexibility index (Phi) is 6.84. The molecular weight excluding hydrogens is 462 g/mol. The fourth-order valence-corrected chi connectivity index (χ4v) is 4.21. The molecule has 0 fully saturated rings. The standard InChI is InChI=1S/C27H22BrN3O/c1-2-32-19-30-27-24(17-29)25(21-11-5-3-6-12-21)26(22-13-7-4-8-14-22)31(27)18-20-10-9-15-23(28)16-20/h3-16,19H,2,18H2,1H3/b30-19+. The summed E-state index contributed by atoms with van der Waals surface area (Å²) in [4.78, 5) is 4.60. The lowest BCUT2D eigenvalue weighted by Crippen LogP contribution is -2.02. The van der Waals surface area contributed by atoms with Crippen LogP contribution in [0.4, 0.5) is 5.82 Å². The summed E-state index contributed by atoms with van der Waals surface area (Å²) in [6, 6.07) is 30.7. The number of nitrogens with zero attached hydrogens (tertiary/aromatic N) is 3. The molecule has 0 atom stereocenters. The number of aromatic nitrogens is 1. The molecule has 4 aromatic rings. The number of nitriles is 1. The maximum atomic E-state index is 10.2. The van der Waals surface area contributed by atoms with Crippen molar-refractivity contribution in [1.29, 1.82) is 5.26 Å². The van der Waals surface area contributed by atoms with Gasteiger partial charge in [0.1, 0.15) is 11.6 Å². The van der Waals surface area contributed by atoms with E-state index in [1.807, 2.05) is 67.6 Å². The largest absolute Gasteiger partial charge is 0.483 e. The highest BCUT2D eigenvalue weighted by Gasteiger charge is 2.25. The maximum absolute atomic E-state index is 10.2. The molecular formula is C27H22BrN3O. The van der Waals surface area contributed by atoms with Crippen LogP contribution in [0.3, 0.4) is 0 Å². The second kappa shape index (κ2) is 10.1. The summed E-state index contributed by atoms with van der Waals surface area (Å²) >= 11 is 3.57. The van der Waals surface area contributed by atoms with Crippen LogP contribution in [0.5, 0.6) is 0 Å². The number of hydrogen-bond acceptors (Lipinski definition) is 3. The normalized spacial score (nSPS) is 10.9. The van der Waals surface area contributed by atoms with Crippen molar-refractivity contribution in [2.45, 2.75) is 13.5 Å². The molecule has 0 amide bonds. The van der Waals surface area contributed by atoms with Crippen molar-refractivity contribution < 1.29 is 4.74 Å². The van der Waals surface area contributed by atoms with Gasteiger partial charge in [-0.25, -0.2) is 4.99 Å². The number of hydrogen-bond donors (Lipinski definition) is 0. The quantitative estimate of drug-likeness (QED) is 0.206. The van der Waals surface area contributed by atoms with Gasteiger partial charge in [0, 0.05) is 16.6 Å². The SMILES string of the molecule is CCO/C=N/c1c(C#N)c(-c2ccccc2)c(-c2ccccc2)n1Cc1cccc(Br)c1. The van der Waals surface area contributed by atoms with Gasteiger partial charge in [0.2, 0.25) is 0 Å². The van der Waals surface area contributed by atoms with Gasteiger partial charge < -0.3 is 9.30 Å². The molecule has 0 bridgehead atoms. The summed E-state index contributed by atoms with van der Waals surface area (Å²) in [6.07, 6.45) is 1.43. The number of ether oxygens (including phenoxy) is 1. The van der Waals surface area contributed by atoms with Crippen molar-refractivity contribution >= 4 is 28.1 Å². The third-order valence-corrected chi connectivity index (χ3v) is 5.60. The molecule has 0 N–H and O–H groups in total. The first kappa shape index (κ1) is 21.6. The second-order valence-electron chi connectivity index (χ2n) is 7.17. The van der Waals surface area contributed by atoms with E-state index in [1.165, 1.54) is 6.40 Å². The zero-order valence-corrected chi connectivity index (χ0v) is 19.3. The highest BCUT2D eigenvalue weighted by Crippen LogP contribution is 2.43. The van der Waals surface area contributed by atoms with Gasteiger partial charge in [0.15, 0.2) is 12.2 Å². The average Bonchev–Trinajstić information content (AvgIpc) is 3.13. The van der Waals surface area contributed by atoms with Gasteiger partial charge in [0.25, 0.3) is 0 Å². The topological polar surface area (TPSA) is 50.3 Å². The van der Waals surface area contributed by atoms with Crippen LogP contribution in [0.1, 0.15) is 18.1 Å². The van der Waals surface area contributed by atoms with Gasteiger partial charge in [-0.05, 0) is 35.7 Å². The predicted octanol–water partition coefficient (Wildman–Crippen LogP) is 7.20. The minimum Gasteiger partial charge on any atom is -0.483 e. The smallest absolute Gasteiger partial charge is 0.176 e. The fourth-order valence-electron chi connectivity index (χ4n) is 3.76. The summed E-state index contributed by atoms with van der Waals surface area (Å²) in [7, 11) is 0. The molecule has 1 heterocycles. The predicted molar refractivity (Wildman–Crippen MR) is 133 cm³/mol. The van der Waals surface area contributed by atoms with Crippen molar-refractivity contribution in [1.82, 2.24) is 4.57 Å². The lowest BCUT2D eigenvalue weighted by atomic mass is 9.98. The van der Waals surface area contributed by atoms with Gasteiger partial charge in [0.05, 0.1) is 12.3 Å². The zero-order valence-electron chi connectivity index (χ0n) is 17.7. The van der Waals surface area contributed by atoms with Crippen LogP contribution in [0.25, 0.3) is 22.4 Å². The molecule has 1 aromatic heterocycles. The maximum Gasteiger partial charge on any atom is 0.176 e. The Labute approximate surface area is 196 Å². The van der Waals surface area contributed by atoms with Crippen molar-refractivity contribution in [3.8, 4) is 28.5 Å². The van der Waals surface area contributed by atoms with E-state index in [0.29, 0.717) is 24.5 Å². The van der Waals surface area contributed by atoms with Gasteiger partial charge in [-0.2, -0.15) is 5.26 Å². The van der Waals surface area contributed by atoms with Crippen LogP contribution in [-0.2, 0) is 11.3 Å². The van der Waals surface area contributed by atoms with E-state index < -0.39 is 0 Å². The summed E-state index contributed by atoms with van der Waals surface area (Å²) in [5.74, 6) is 0.582. The Balaban J connectivity index is 2.04. The molecule has 4 nitrogen and oxygen atoms in total. The molecule has 0 saturated carbocycles. The van der Waals surface area contributed by atoms with E-state index in [9.17, 15) is 5.26 Å². The fraction of sp³-hybridized carbons (Fsp3) is 0.111. The van der Waals surface area contributed by atoms with Gasteiger partial charge in [-0.3, -0.25) is 0 Å². The third-order valence-electron chi connectivity index (χ3n) is 5.10. The highest BCUT2D eigenvalue weighted by atomic mass is 79.9. The molecule has 4 rings (SSSR count). The van der Waals surface area contributed by atoms with Gasteiger partial charge in [-0.1, -0.05) is 88.7 Å². The minimum absolute atomic E-state index is 0.509. The minimum atomic E-state index is 0.509. The first-order chi connectivity index (χ1) is 15.7. The summed E-state index contributed by atoms with van der Waals surface area (Å²) in [5, 5.41) is 10.2. The Hall–Kier alpha value is -3.62. The van der Waals surface area contributed by atoms with Crippen LogP contribution in [0, 0.1) is 11.3 Å². The van der Waals surface area contributed by atoms with E-state index >= 15 is 0 Å². The van der Waals surface area contributed by atoms with Crippen molar-refractivity contribution in [3.05, 3.63) is 101 Å². The Morgan fingerprint density at radius 2 is 1.66 bits per heavy atom. The van der Waals surface area contributed by atoms with E-state index in [-0.39, 0.29) is 0 Å². The van der Waals surface area contributed by atoms with E-state index in [0.717, 1.165) is 32.4 Å². The highest BCUT2D eigenvalue weighted by molar-refractivity contribution is 9.10. The lowest BCUT2D eigenvalue weighted by molar-refractivity contribution is 0.343. The van der Waals surface area contributed by atoms with Crippen LogP contribution >= 0.6 is 15.9 Å². The molecule has 0 unspecified atom stereocenters. The molecule has 0 saturated heterocycles. The molecule has 0 spiro atoms. The van der Waals surface area contributed by atoms with Crippen LogP contribution in [0.2, 0.25) is 0 Å². The van der Waals surface area contributed by atoms with E-state index in [2.05, 4.69) is 55.8 Å². The molecule has 3 aromatic carbocycles.